The van der Waals surface area contributed by atoms with Gasteiger partial charge < -0.3 is 5.73 Å². The SMILES string of the molecule is CC(C)N(Cc1cccs1)C(CN)c1ccc(F)c(F)c1. The van der Waals surface area contributed by atoms with Crippen LogP contribution in [-0.4, -0.2) is 17.5 Å². The summed E-state index contributed by atoms with van der Waals surface area (Å²) in [5.74, 6) is -1.66. The van der Waals surface area contributed by atoms with E-state index in [0.717, 1.165) is 12.6 Å². The third-order valence-electron chi connectivity index (χ3n) is 3.53. The number of rotatable bonds is 6. The number of hydrogen-bond donors (Lipinski definition) is 1. The molecular formula is C16H20F2N2S. The summed E-state index contributed by atoms with van der Waals surface area (Å²) >= 11 is 1.68. The van der Waals surface area contributed by atoms with Crippen LogP contribution >= 0.6 is 11.3 Å². The van der Waals surface area contributed by atoms with Gasteiger partial charge in [-0.15, -0.1) is 11.3 Å². The fourth-order valence-electron chi connectivity index (χ4n) is 2.42. The normalized spacial score (nSPS) is 13.1. The Labute approximate surface area is 128 Å². The average Bonchev–Trinajstić information content (AvgIpc) is 2.95. The first-order chi connectivity index (χ1) is 10.0. The quantitative estimate of drug-likeness (QED) is 0.876. The van der Waals surface area contributed by atoms with Crippen LogP contribution in [0.5, 0.6) is 0 Å². The van der Waals surface area contributed by atoms with Crippen LogP contribution in [0.2, 0.25) is 0 Å². The number of nitrogens with zero attached hydrogens (tertiary/aromatic N) is 1. The second-order valence-electron chi connectivity index (χ2n) is 5.27. The lowest BCUT2D eigenvalue weighted by Crippen LogP contribution is -2.38. The minimum Gasteiger partial charge on any atom is -0.329 e. The minimum atomic E-state index is -0.830. The van der Waals surface area contributed by atoms with Gasteiger partial charge in [-0.1, -0.05) is 12.1 Å². The van der Waals surface area contributed by atoms with E-state index in [-0.39, 0.29) is 12.1 Å². The number of halogens is 2. The van der Waals surface area contributed by atoms with Gasteiger partial charge in [-0.3, -0.25) is 4.90 Å². The van der Waals surface area contributed by atoms with Gasteiger partial charge >= 0.3 is 0 Å². The molecule has 0 saturated heterocycles. The lowest BCUT2D eigenvalue weighted by Gasteiger charge is -2.34. The van der Waals surface area contributed by atoms with Crippen molar-refractivity contribution in [2.75, 3.05) is 6.54 Å². The number of benzene rings is 1. The van der Waals surface area contributed by atoms with Gasteiger partial charge in [-0.2, -0.15) is 0 Å². The smallest absolute Gasteiger partial charge is 0.159 e. The van der Waals surface area contributed by atoms with Crippen molar-refractivity contribution in [2.45, 2.75) is 32.5 Å². The second-order valence-corrected chi connectivity index (χ2v) is 6.30. The summed E-state index contributed by atoms with van der Waals surface area (Å²) in [6, 6.07) is 8.20. The van der Waals surface area contributed by atoms with Crippen molar-refractivity contribution in [3.8, 4) is 0 Å². The molecule has 2 aromatic rings. The van der Waals surface area contributed by atoms with Gasteiger partial charge in [0.25, 0.3) is 0 Å². The summed E-state index contributed by atoms with van der Waals surface area (Å²) in [4.78, 5) is 3.43. The molecule has 21 heavy (non-hydrogen) atoms. The Bertz CT molecular complexity index is 570. The predicted molar refractivity (Wildman–Crippen MR) is 83.2 cm³/mol. The lowest BCUT2D eigenvalue weighted by molar-refractivity contribution is 0.149. The maximum absolute atomic E-state index is 13.5. The molecular weight excluding hydrogens is 290 g/mol. The molecule has 2 rings (SSSR count). The van der Waals surface area contributed by atoms with E-state index in [9.17, 15) is 8.78 Å². The summed E-state index contributed by atoms with van der Waals surface area (Å²) in [7, 11) is 0. The molecule has 0 fully saturated rings. The van der Waals surface area contributed by atoms with Gasteiger partial charge in [0.05, 0.1) is 0 Å². The molecule has 0 spiro atoms. The monoisotopic (exact) mass is 310 g/mol. The molecule has 0 radical (unpaired) electrons. The van der Waals surface area contributed by atoms with Gasteiger partial charge in [0, 0.05) is 30.1 Å². The van der Waals surface area contributed by atoms with Crippen molar-refractivity contribution in [3.63, 3.8) is 0 Å². The molecule has 0 aliphatic heterocycles. The Morgan fingerprint density at radius 1 is 1.19 bits per heavy atom. The van der Waals surface area contributed by atoms with E-state index in [2.05, 4.69) is 24.8 Å². The van der Waals surface area contributed by atoms with Crippen molar-refractivity contribution in [1.29, 1.82) is 0 Å². The molecule has 2 nitrogen and oxygen atoms in total. The van der Waals surface area contributed by atoms with Crippen LogP contribution in [0.1, 0.15) is 30.3 Å². The molecule has 2 N–H and O–H groups in total. The second kappa shape index (κ2) is 7.11. The predicted octanol–water partition coefficient (Wildman–Crippen LogP) is 3.94. The number of hydrogen-bond acceptors (Lipinski definition) is 3. The van der Waals surface area contributed by atoms with Gasteiger partial charge in [-0.25, -0.2) is 8.78 Å². The van der Waals surface area contributed by atoms with Gasteiger partial charge in [0.1, 0.15) is 0 Å². The van der Waals surface area contributed by atoms with Crippen LogP contribution < -0.4 is 5.73 Å². The topological polar surface area (TPSA) is 29.3 Å². The first kappa shape index (κ1) is 16.1. The van der Waals surface area contributed by atoms with Crippen LogP contribution in [0.3, 0.4) is 0 Å². The molecule has 1 unspecified atom stereocenters. The van der Waals surface area contributed by atoms with Crippen LogP contribution in [0.25, 0.3) is 0 Å². The first-order valence-electron chi connectivity index (χ1n) is 6.96. The van der Waals surface area contributed by atoms with Crippen LogP contribution in [0.4, 0.5) is 8.78 Å². The Hall–Kier alpha value is -1.30. The van der Waals surface area contributed by atoms with Crippen LogP contribution in [0.15, 0.2) is 35.7 Å². The van der Waals surface area contributed by atoms with E-state index < -0.39 is 11.6 Å². The molecule has 0 amide bonds. The lowest BCUT2D eigenvalue weighted by atomic mass is 10.0. The molecule has 1 aromatic carbocycles. The maximum atomic E-state index is 13.5. The number of nitrogens with two attached hydrogens (primary N) is 1. The molecule has 114 valence electrons. The Kier molecular flexibility index (Phi) is 5.45. The highest BCUT2D eigenvalue weighted by Gasteiger charge is 2.23. The van der Waals surface area contributed by atoms with Crippen molar-refractivity contribution in [2.24, 2.45) is 5.73 Å². The zero-order valence-electron chi connectivity index (χ0n) is 12.2. The van der Waals surface area contributed by atoms with Gasteiger partial charge in [0.2, 0.25) is 0 Å². The molecule has 1 aromatic heterocycles. The highest BCUT2D eigenvalue weighted by Crippen LogP contribution is 2.26. The Morgan fingerprint density at radius 3 is 2.48 bits per heavy atom. The van der Waals surface area contributed by atoms with E-state index in [0.29, 0.717) is 12.1 Å². The average molecular weight is 310 g/mol. The standard InChI is InChI=1S/C16H20F2N2S/c1-11(2)20(10-13-4-3-7-21-13)16(9-19)12-5-6-14(17)15(18)8-12/h3-8,11,16H,9-10,19H2,1-2H3. The van der Waals surface area contributed by atoms with Crippen molar-refractivity contribution in [1.82, 2.24) is 4.90 Å². The van der Waals surface area contributed by atoms with Crippen LogP contribution in [0, 0.1) is 11.6 Å². The molecule has 5 heteroatoms. The van der Waals surface area contributed by atoms with Gasteiger partial charge in [0.15, 0.2) is 11.6 Å². The van der Waals surface area contributed by atoms with E-state index in [1.807, 2.05) is 11.4 Å². The molecule has 0 aliphatic carbocycles. The number of thiophene rings is 1. The zero-order valence-corrected chi connectivity index (χ0v) is 13.0. The zero-order chi connectivity index (χ0) is 15.4. The molecule has 1 atom stereocenters. The molecule has 0 bridgehead atoms. The maximum Gasteiger partial charge on any atom is 0.159 e. The van der Waals surface area contributed by atoms with Crippen molar-refractivity contribution >= 4 is 11.3 Å². The fraction of sp³-hybridized carbons (Fsp3) is 0.375. The highest BCUT2D eigenvalue weighted by atomic mass is 32.1. The van der Waals surface area contributed by atoms with Crippen molar-refractivity contribution < 1.29 is 8.78 Å². The molecule has 0 saturated carbocycles. The Balaban J connectivity index is 2.28. The minimum absolute atomic E-state index is 0.137. The molecule has 1 heterocycles. The summed E-state index contributed by atoms with van der Waals surface area (Å²) in [6.45, 7) is 5.26. The summed E-state index contributed by atoms with van der Waals surface area (Å²) in [5, 5.41) is 2.03. The summed E-state index contributed by atoms with van der Waals surface area (Å²) in [6.07, 6.45) is 0. The van der Waals surface area contributed by atoms with E-state index in [1.165, 1.54) is 10.9 Å². The molecule has 0 aliphatic rings. The van der Waals surface area contributed by atoms with Crippen molar-refractivity contribution in [3.05, 3.63) is 57.8 Å². The van der Waals surface area contributed by atoms with Crippen LogP contribution in [-0.2, 0) is 6.54 Å². The highest BCUT2D eigenvalue weighted by molar-refractivity contribution is 7.09. The largest absolute Gasteiger partial charge is 0.329 e. The van der Waals surface area contributed by atoms with E-state index in [1.54, 1.807) is 17.4 Å². The third-order valence-corrected chi connectivity index (χ3v) is 4.39. The Morgan fingerprint density at radius 2 is 1.95 bits per heavy atom. The summed E-state index contributed by atoms with van der Waals surface area (Å²) in [5.41, 5.74) is 6.62. The third kappa shape index (κ3) is 3.87. The van der Waals surface area contributed by atoms with E-state index in [4.69, 9.17) is 5.73 Å². The summed E-state index contributed by atoms with van der Waals surface area (Å²) < 4.78 is 26.6. The first-order valence-corrected chi connectivity index (χ1v) is 7.84. The van der Waals surface area contributed by atoms with Gasteiger partial charge in [-0.05, 0) is 43.0 Å². The fourth-order valence-corrected chi connectivity index (χ4v) is 3.13. The van der Waals surface area contributed by atoms with E-state index >= 15 is 0 Å².